The molecule has 0 radical (unpaired) electrons. The number of nitrogens with zero attached hydrogens (tertiary/aromatic N) is 3. The second-order valence-corrected chi connectivity index (χ2v) is 9.55. The lowest BCUT2D eigenvalue weighted by molar-refractivity contribution is 0.251. The van der Waals surface area contributed by atoms with Crippen molar-refractivity contribution in [3.63, 3.8) is 0 Å². The number of anilines is 1. The summed E-state index contributed by atoms with van der Waals surface area (Å²) in [5.74, 6) is 0. The molecule has 0 fully saturated rings. The number of rotatable bonds is 6. The Hall–Kier alpha value is -3.69. The van der Waals surface area contributed by atoms with Crippen LogP contribution < -0.4 is 10.6 Å². The lowest BCUT2D eigenvalue weighted by Crippen LogP contribution is -2.28. The summed E-state index contributed by atoms with van der Waals surface area (Å²) < 4.78 is 27.7. The first-order chi connectivity index (χ1) is 15.8. The molecule has 2 amide bonds. The van der Waals surface area contributed by atoms with Crippen LogP contribution in [0.25, 0.3) is 5.69 Å². The Morgan fingerprint density at radius 3 is 2.48 bits per heavy atom. The van der Waals surface area contributed by atoms with Crippen molar-refractivity contribution in [2.75, 3.05) is 5.32 Å². The Balaban J connectivity index is 1.47. The van der Waals surface area contributed by atoms with Crippen LogP contribution >= 0.6 is 11.6 Å². The lowest BCUT2D eigenvalue weighted by atomic mass is 10.3. The Morgan fingerprint density at radius 1 is 1.03 bits per heavy atom. The summed E-state index contributed by atoms with van der Waals surface area (Å²) in [6, 6.07) is 17.3. The Kier molecular flexibility index (Phi) is 6.43. The molecular formula is C23H20ClN5O3S. The molecule has 0 aliphatic heterocycles. The van der Waals surface area contributed by atoms with Crippen LogP contribution in [-0.4, -0.2) is 29.2 Å². The molecule has 0 saturated heterocycles. The maximum atomic E-state index is 13.1. The number of aryl methyl sites for hydroxylation is 1. The molecule has 10 heteroatoms. The Labute approximate surface area is 196 Å². The number of hydrogen-bond donors (Lipinski definition) is 2. The monoisotopic (exact) mass is 481 g/mol. The van der Waals surface area contributed by atoms with Gasteiger partial charge in [0.1, 0.15) is 5.15 Å². The van der Waals surface area contributed by atoms with Crippen LogP contribution in [-0.2, 0) is 16.4 Å². The van der Waals surface area contributed by atoms with Crippen molar-refractivity contribution in [2.24, 2.45) is 0 Å². The third-order valence-corrected chi connectivity index (χ3v) is 6.80. The van der Waals surface area contributed by atoms with Gasteiger partial charge in [-0.15, -0.1) is 0 Å². The zero-order valence-electron chi connectivity index (χ0n) is 17.6. The normalized spacial score (nSPS) is 11.2. The molecule has 0 spiro atoms. The fourth-order valence-electron chi connectivity index (χ4n) is 3.15. The minimum Gasteiger partial charge on any atom is -0.334 e. The second-order valence-electron chi connectivity index (χ2n) is 7.21. The summed E-state index contributed by atoms with van der Waals surface area (Å²) in [7, 11) is -3.79. The van der Waals surface area contributed by atoms with Gasteiger partial charge in [0, 0.05) is 24.6 Å². The average molecular weight is 482 g/mol. The van der Waals surface area contributed by atoms with Gasteiger partial charge < -0.3 is 10.6 Å². The van der Waals surface area contributed by atoms with Crippen molar-refractivity contribution in [2.45, 2.75) is 23.3 Å². The molecule has 8 nitrogen and oxygen atoms in total. The van der Waals surface area contributed by atoms with E-state index in [1.54, 1.807) is 43.6 Å². The van der Waals surface area contributed by atoms with Crippen molar-refractivity contribution < 1.29 is 13.2 Å². The Morgan fingerprint density at radius 2 is 1.82 bits per heavy atom. The summed E-state index contributed by atoms with van der Waals surface area (Å²) in [6.07, 6.45) is 3.32. The van der Waals surface area contributed by atoms with E-state index in [1.165, 1.54) is 41.1 Å². The molecular weight excluding hydrogens is 462 g/mol. The zero-order valence-corrected chi connectivity index (χ0v) is 19.1. The average Bonchev–Trinajstić information content (AvgIpc) is 3.16. The molecule has 4 aromatic rings. The molecule has 0 atom stereocenters. The highest BCUT2D eigenvalue weighted by atomic mass is 35.5. The SMILES string of the molecule is Cc1cc(Cl)n(-c2cccc(S(=O)(=O)c3ccc(NC(=O)NCc4cccnc4)cc3)c2)n1. The smallest absolute Gasteiger partial charge is 0.319 e. The number of halogens is 1. The van der Waals surface area contributed by atoms with Crippen LogP contribution in [0.1, 0.15) is 11.3 Å². The van der Waals surface area contributed by atoms with Gasteiger partial charge >= 0.3 is 6.03 Å². The molecule has 2 N–H and O–H groups in total. The van der Waals surface area contributed by atoms with Gasteiger partial charge in [-0.2, -0.15) is 5.10 Å². The van der Waals surface area contributed by atoms with E-state index in [0.29, 0.717) is 23.1 Å². The molecule has 2 aromatic carbocycles. The highest BCUT2D eigenvalue weighted by Crippen LogP contribution is 2.25. The number of carbonyl (C=O) groups excluding carboxylic acids is 1. The number of carbonyl (C=O) groups is 1. The van der Waals surface area contributed by atoms with Gasteiger partial charge in [-0.25, -0.2) is 17.9 Å². The molecule has 33 heavy (non-hydrogen) atoms. The van der Waals surface area contributed by atoms with Gasteiger partial charge in [-0.05, 0) is 67.1 Å². The summed E-state index contributed by atoms with van der Waals surface area (Å²) >= 11 is 6.19. The maximum absolute atomic E-state index is 13.1. The van der Waals surface area contributed by atoms with Crippen LogP contribution in [0.4, 0.5) is 10.5 Å². The largest absolute Gasteiger partial charge is 0.334 e. The summed E-state index contributed by atoms with van der Waals surface area (Å²) in [4.78, 5) is 16.3. The highest BCUT2D eigenvalue weighted by Gasteiger charge is 2.19. The van der Waals surface area contributed by atoms with Crippen LogP contribution in [0.5, 0.6) is 0 Å². The Bertz CT molecular complexity index is 1390. The van der Waals surface area contributed by atoms with Gasteiger partial charge in [-0.1, -0.05) is 23.7 Å². The zero-order chi connectivity index (χ0) is 23.4. The third-order valence-electron chi connectivity index (χ3n) is 4.76. The van der Waals surface area contributed by atoms with E-state index in [4.69, 9.17) is 11.6 Å². The number of amides is 2. The van der Waals surface area contributed by atoms with Gasteiger partial charge in [-0.3, -0.25) is 4.98 Å². The second kappa shape index (κ2) is 9.43. The molecule has 0 bridgehead atoms. The van der Waals surface area contributed by atoms with Crippen molar-refractivity contribution in [3.8, 4) is 5.69 Å². The van der Waals surface area contributed by atoms with Gasteiger partial charge in [0.25, 0.3) is 0 Å². The first kappa shape index (κ1) is 22.5. The summed E-state index contributed by atoms with van der Waals surface area (Å²) in [6.45, 7) is 2.12. The van der Waals surface area contributed by atoms with Crippen LogP contribution in [0.3, 0.4) is 0 Å². The van der Waals surface area contributed by atoms with Gasteiger partial charge in [0.05, 0.1) is 21.2 Å². The minimum absolute atomic E-state index is 0.101. The quantitative estimate of drug-likeness (QED) is 0.425. The van der Waals surface area contributed by atoms with E-state index in [-0.39, 0.29) is 9.79 Å². The predicted octanol–water partition coefficient (Wildman–Crippen LogP) is 4.38. The van der Waals surface area contributed by atoms with Gasteiger partial charge in [0.15, 0.2) is 0 Å². The molecule has 0 aliphatic carbocycles. The number of benzene rings is 2. The molecule has 0 aliphatic rings. The summed E-state index contributed by atoms with van der Waals surface area (Å²) in [5, 5.41) is 10.1. The topological polar surface area (TPSA) is 106 Å². The number of urea groups is 1. The van der Waals surface area contributed by atoms with Crippen LogP contribution in [0.15, 0.2) is 88.9 Å². The van der Waals surface area contributed by atoms with E-state index in [0.717, 1.165) is 11.3 Å². The number of aromatic nitrogens is 3. The number of hydrogen-bond acceptors (Lipinski definition) is 5. The molecule has 168 valence electrons. The highest BCUT2D eigenvalue weighted by molar-refractivity contribution is 7.91. The van der Waals surface area contributed by atoms with Crippen molar-refractivity contribution >= 4 is 33.2 Å². The number of pyridine rings is 1. The minimum atomic E-state index is -3.79. The van der Waals surface area contributed by atoms with E-state index in [9.17, 15) is 13.2 Å². The molecule has 2 heterocycles. The first-order valence-electron chi connectivity index (χ1n) is 9.94. The van der Waals surface area contributed by atoms with Crippen LogP contribution in [0, 0.1) is 6.92 Å². The lowest BCUT2D eigenvalue weighted by Gasteiger charge is -2.10. The van der Waals surface area contributed by atoms with Crippen molar-refractivity contribution in [1.82, 2.24) is 20.1 Å². The fourth-order valence-corrected chi connectivity index (χ4v) is 4.74. The van der Waals surface area contributed by atoms with Crippen LogP contribution in [0.2, 0.25) is 5.15 Å². The predicted molar refractivity (Wildman–Crippen MR) is 125 cm³/mol. The number of nitrogens with one attached hydrogen (secondary N) is 2. The van der Waals surface area contributed by atoms with E-state index >= 15 is 0 Å². The van der Waals surface area contributed by atoms with E-state index in [1.807, 2.05) is 6.07 Å². The number of sulfone groups is 1. The maximum Gasteiger partial charge on any atom is 0.319 e. The first-order valence-corrected chi connectivity index (χ1v) is 11.8. The standard InChI is InChI=1S/C23H20ClN5O3S/c1-16-12-22(24)29(28-16)19-5-2-6-21(13-19)33(31,32)20-9-7-18(8-10-20)27-23(30)26-15-17-4-3-11-25-14-17/h2-14H,15H2,1H3,(H2,26,27,30). The third kappa shape index (κ3) is 5.21. The van der Waals surface area contributed by atoms with E-state index < -0.39 is 15.9 Å². The van der Waals surface area contributed by atoms with Gasteiger partial charge in [0.2, 0.25) is 9.84 Å². The van der Waals surface area contributed by atoms with E-state index in [2.05, 4.69) is 20.7 Å². The molecule has 0 saturated carbocycles. The van der Waals surface area contributed by atoms with Crippen molar-refractivity contribution in [1.29, 1.82) is 0 Å². The molecule has 2 aromatic heterocycles. The fraction of sp³-hybridized carbons (Fsp3) is 0.0870. The van der Waals surface area contributed by atoms with Crippen molar-refractivity contribution in [3.05, 3.63) is 95.5 Å². The summed E-state index contributed by atoms with van der Waals surface area (Å²) in [5.41, 5.74) is 2.59. The molecule has 0 unspecified atom stereocenters. The molecule has 4 rings (SSSR count).